The van der Waals surface area contributed by atoms with E-state index in [9.17, 15) is 18.0 Å². The summed E-state index contributed by atoms with van der Waals surface area (Å²) in [6, 6.07) is 17.7. The van der Waals surface area contributed by atoms with Gasteiger partial charge in [-0.15, -0.1) is 13.2 Å². The minimum Gasteiger partial charge on any atom is -0.406 e. The number of rotatable bonds is 8. The number of carbonyl (C=O) groups excluding carboxylic acids is 1. The van der Waals surface area contributed by atoms with Crippen LogP contribution < -0.4 is 10.1 Å². The molecule has 1 saturated heterocycles. The summed E-state index contributed by atoms with van der Waals surface area (Å²) >= 11 is 0. The van der Waals surface area contributed by atoms with Crippen LogP contribution in [0.4, 0.5) is 13.2 Å². The molecule has 4 aromatic rings. The van der Waals surface area contributed by atoms with Crippen molar-refractivity contribution in [3.63, 3.8) is 0 Å². The minimum atomic E-state index is -4.75. The Morgan fingerprint density at radius 3 is 2.49 bits per heavy atom. The lowest BCUT2D eigenvalue weighted by atomic mass is 9.93. The molecule has 0 bridgehead atoms. The zero-order valence-electron chi connectivity index (χ0n) is 21.6. The fraction of sp³-hybridized carbons (Fsp3) is 0.345. The van der Waals surface area contributed by atoms with Crippen molar-refractivity contribution in [1.82, 2.24) is 24.8 Å². The average Bonchev–Trinajstić information content (AvgIpc) is 3.35. The van der Waals surface area contributed by atoms with Gasteiger partial charge in [-0.3, -0.25) is 9.69 Å². The van der Waals surface area contributed by atoms with Gasteiger partial charge >= 0.3 is 6.36 Å². The number of nitrogens with zero attached hydrogens (tertiary/aromatic N) is 4. The van der Waals surface area contributed by atoms with E-state index in [1.165, 1.54) is 36.0 Å². The van der Waals surface area contributed by atoms with Crippen LogP contribution in [0.25, 0.3) is 16.9 Å². The number of nitrogens with one attached hydrogen (secondary N) is 1. The lowest BCUT2D eigenvalue weighted by molar-refractivity contribution is -0.274. The molecule has 1 aliphatic rings. The number of amides is 1. The molecule has 2 aromatic carbocycles. The van der Waals surface area contributed by atoms with Crippen molar-refractivity contribution in [2.45, 2.75) is 39.1 Å². The molecule has 0 unspecified atom stereocenters. The number of aryl methyl sites for hydroxylation is 1. The summed E-state index contributed by atoms with van der Waals surface area (Å²) in [4.78, 5) is 19.8. The van der Waals surface area contributed by atoms with Crippen molar-refractivity contribution >= 4 is 11.6 Å². The summed E-state index contributed by atoms with van der Waals surface area (Å²) in [5, 5.41) is 7.55. The molecule has 7 nitrogen and oxygen atoms in total. The Bertz CT molecular complexity index is 1410. The van der Waals surface area contributed by atoms with E-state index in [0.29, 0.717) is 40.6 Å². The van der Waals surface area contributed by atoms with Gasteiger partial charge in [-0.05, 0) is 75.0 Å². The molecule has 0 atom stereocenters. The molecular weight excluding hydrogens is 507 g/mol. The molecule has 0 aliphatic carbocycles. The van der Waals surface area contributed by atoms with Crippen LogP contribution in [-0.4, -0.2) is 51.4 Å². The van der Waals surface area contributed by atoms with Crippen molar-refractivity contribution in [3.8, 4) is 17.0 Å². The molecule has 0 saturated carbocycles. The van der Waals surface area contributed by atoms with Gasteiger partial charge in [-0.2, -0.15) is 5.10 Å². The molecular formula is C29H30F3N5O2. The second kappa shape index (κ2) is 11.4. The number of alkyl halides is 3. The molecule has 3 heterocycles. The first-order chi connectivity index (χ1) is 18.7. The number of fused-ring (bicyclic) bond motifs is 1. The highest BCUT2D eigenvalue weighted by molar-refractivity contribution is 5.95. The van der Waals surface area contributed by atoms with E-state index in [1.807, 2.05) is 6.07 Å². The van der Waals surface area contributed by atoms with E-state index < -0.39 is 6.36 Å². The molecule has 1 aliphatic heterocycles. The van der Waals surface area contributed by atoms with Crippen LogP contribution >= 0.6 is 0 Å². The number of hydrogen-bond donors (Lipinski definition) is 1. The highest BCUT2D eigenvalue weighted by Gasteiger charge is 2.31. The van der Waals surface area contributed by atoms with E-state index in [0.717, 1.165) is 38.9 Å². The minimum absolute atomic E-state index is 0.200. The summed E-state index contributed by atoms with van der Waals surface area (Å²) < 4.78 is 42.8. The van der Waals surface area contributed by atoms with Gasteiger partial charge in [0, 0.05) is 30.9 Å². The number of ether oxygens (including phenoxy) is 1. The van der Waals surface area contributed by atoms with Crippen LogP contribution in [0.3, 0.4) is 0 Å². The van der Waals surface area contributed by atoms with E-state index in [1.54, 1.807) is 17.5 Å². The van der Waals surface area contributed by atoms with Crippen LogP contribution in [0.5, 0.6) is 5.75 Å². The molecule has 1 N–H and O–H groups in total. The van der Waals surface area contributed by atoms with Gasteiger partial charge < -0.3 is 10.1 Å². The Kier molecular flexibility index (Phi) is 7.83. The number of hydrogen-bond acceptors (Lipinski definition) is 5. The second-order valence-electron chi connectivity index (χ2n) is 9.88. The van der Waals surface area contributed by atoms with Crippen molar-refractivity contribution in [2.24, 2.45) is 5.92 Å². The highest BCUT2D eigenvalue weighted by Crippen LogP contribution is 2.27. The Morgan fingerprint density at radius 2 is 1.79 bits per heavy atom. The predicted molar refractivity (Wildman–Crippen MR) is 141 cm³/mol. The van der Waals surface area contributed by atoms with Gasteiger partial charge in [-0.25, -0.2) is 9.50 Å². The smallest absolute Gasteiger partial charge is 0.406 e. The standard InChI is InChI=1S/C29H30F3N5O2/c1-20-25(28(38)33-14-11-21-12-15-36(16-13-21)19-22-5-3-2-4-6-22)18-34-27-17-26(35-37(20)27)23-7-9-24(10-8-23)39-29(30,31)32/h2-10,17-18,21H,11-16,19H2,1H3,(H,33,38). The molecule has 1 amide bonds. The summed E-state index contributed by atoms with van der Waals surface area (Å²) in [7, 11) is 0. The van der Waals surface area contributed by atoms with E-state index in [4.69, 9.17) is 0 Å². The Balaban J connectivity index is 1.15. The van der Waals surface area contributed by atoms with Crippen molar-refractivity contribution < 1.29 is 22.7 Å². The maximum atomic E-state index is 12.9. The fourth-order valence-electron chi connectivity index (χ4n) is 5.00. The third kappa shape index (κ3) is 6.75. The summed E-state index contributed by atoms with van der Waals surface area (Å²) in [5.41, 5.74) is 4.08. The van der Waals surface area contributed by atoms with Crippen LogP contribution in [-0.2, 0) is 6.54 Å². The van der Waals surface area contributed by atoms with Crippen molar-refractivity contribution in [2.75, 3.05) is 19.6 Å². The highest BCUT2D eigenvalue weighted by atomic mass is 19.4. The maximum Gasteiger partial charge on any atom is 0.573 e. The summed E-state index contributed by atoms with van der Waals surface area (Å²) in [6.07, 6.45) is -0.0423. The normalized spacial score (nSPS) is 15.0. The molecule has 39 heavy (non-hydrogen) atoms. The van der Waals surface area contributed by atoms with Crippen LogP contribution in [0.1, 0.15) is 40.9 Å². The van der Waals surface area contributed by atoms with Gasteiger partial charge in [0.05, 0.1) is 17.0 Å². The molecule has 10 heteroatoms. The number of halogens is 3. The number of carbonyl (C=O) groups is 1. The van der Waals surface area contributed by atoms with Crippen LogP contribution in [0.2, 0.25) is 0 Å². The first-order valence-electron chi connectivity index (χ1n) is 13.0. The lowest BCUT2D eigenvalue weighted by Crippen LogP contribution is -2.35. The van der Waals surface area contributed by atoms with Gasteiger partial charge in [0.2, 0.25) is 0 Å². The zero-order valence-corrected chi connectivity index (χ0v) is 21.6. The van der Waals surface area contributed by atoms with Crippen molar-refractivity contribution in [1.29, 1.82) is 0 Å². The largest absolute Gasteiger partial charge is 0.573 e. The van der Waals surface area contributed by atoms with Gasteiger partial charge in [0.1, 0.15) is 5.75 Å². The Morgan fingerprint density at radius 1 is 1.08 bits per heavy atom. The molecule has 0 spiro atoms. The lowest BCUT2D eigenvalue weighted by Gasteiger charge is -2.32. The topological polar surface area (TPSA) is 71.8 Å². The van der Waals surface area contributed by atoms with Crippen LogP contribution in [0, 0.1) is 12.8 Å². The van der Waals surface area contributed by atoms with Crippen molar-refractivity contribution in [3.05, 3.63) is 83.7 Å². The molecule has 2 aromatic heterocycles. The number of piperidine rings is 1. The van der Waals surface area contributed by atoms with Gasteiger partial charge in [-0.1, -0.05) is 30.3 Å². The molecule has 204 valence electrons. The first kappa shape index (κ1) is 26.7. The monoisotopic (exact) mass is 537 g/mol. The first-order valence-corrected chi connectivity index (χ1v) is 13.0. The average molecular weight is 538 g/mol. The summed E-state index contributed by atoms with van der Waals surface area (Å²) in [6.45, 7) is 5.49. The zero-order chi connectivity index (χ0) is 27.4. The van der Waals surface area contributed by atoms with Gasteiger partial charge in [0.25, 0.3) is 5.91 Å². The van der Waals surface area contributed by atoms with E-state index >= 15 is 0 Å². The fourth-order valence-corrected chi connectivity index (χ4v) is 5.00. The SMILES string of the molecule is Cc1c(C(=O)NCCC2CCN(Cc3ccccc3)CC2)cnc2cc(-c3ccc(OC(F)(F)F)cc3)nn12. The third-order valence-electron chi connectivity index (χ3n) is 7.15. The Labute approximate surface area is 224 Å². The quantitative estimate of drug-likeness (QED) is 0.315. The predicted octanol–water partition coefficient (Wildman–Crippen LogP) is 5.64. The Hall–Kier alpha value is -3.92. The maximum absolute atomic E-state index is 12.9. The number of likely N-dealkylation sites (tertiary alicyclic amines) is 1. The molecule has 1 fully saturated rings. The van der Waals surface area contributed by atoms with E-state index in [2.05, 4.69) is 49.3 Å². The summed E-state index contributed by atoms with van der Waals surface area (Å²) in [5.74, 6) is 0.0794. The molecule has 0 radical (unpaired) electrons. The molecule has 5 rings (SSSR count). The van der Waals surface area contributed by atoms with E-state index in [-0.39, 0.29) is 11.7 Å². The number of benzene rings is 2. The van der Waals surface area contributed by atoms with Crippen LogP contribution in [0.15, 0.2) is 66.9 Å². The third-order valence-corrected chi connectivity index (χ3v) is 7.15. The second-order valence-corrected chi connectivity index (χ2v) is 9.88. The number of aromatic nitrogens is 3. The van der Waals surface area contributed by atoms with Gasteiger partial charge in [0.15, 0.2) is 5.65 Å².